The molecule has 0 spiro atoms. The van der Waals surface area contributed by atoms with Gasteiger partial charge in [-0.2, -0.15) is 0 Å². The lowest BCUT2D eigenvalue weighted by molar-refractivity contribution is -0.162. The van der Waals surface area contributed by atoms with Crippen molar-refractivity contribution in [3.63, 3.8) is 0 Å². The van der Waals surface area contributed by atoms with E-state index in [9.17, 15) is 14.3 Å². The summed E-state index contributed by atoms with van der Waals surface area (Å²) in [6.07, 6.45) is 4.64. The predicted molar refractivity (Wildman–Crippen MR) is 159 cm³/mol. The average Bonchev–Trinajstić information content (AvgIpc) is 2.93. The van der Waals surface area contributed by atoms with Gasteiger partial charge < -0.3 is 19.5 Å². The molecule has 0 aliphatic carbocycles. The number of pyridine rings is 2. The summed E-state index contributed by atoms with van der Waals surface area (Å²) in [5, 5.41) is 10.4. The molecule has 1 saturated heterocycles. The van der Waals surface area contributed by atoms with Crippen LogP contribution in [0.4, 0.5) is 14.5 Å². The zero-order valence-corrected chi connectivity index (χ0v) is 25.3. The topological polar surface area (TPSA) is 84.8 Å². The lowest BCUT2D eigenvalue weighted by atomic mass is 9.82. The number of rotatable bonds is 11. The normalized spacial score (nSPS) is 15.9. The number of ether oxygens (including phenoxy) is 2. The lowest BCUT2D eigenvalue weighted by Crippen LogP contribution is -2.39. The van der Waals surface area contributed by atoms with Gasteiger partial charge in [0.15, 0.2) is 11.9 Å². The second kappa shape index (κ2) is 12.7. The Labute approximate surface area is 246 Å². The SMILES string of the molecule is CCC(C)(C)OC(C(=O)O)c1c(C)ncc(-c2ncc(OCCc3ccc(F)cc3)cc2F)c1N1CCC(C)(C)CC1. The Morgan fingerprint density at radius 2 is 1.79 bits per heavy atom. The van der Waals surface area contributed by atoms with E-state index in [1.165, 1.54) is 24.4 Å². The zero-order valence-electron chi connectivity index (χ0n) is 25.3. The lowest BCUT2D eigenvalue weighted by Gasteiger charge is -2.41. The van der Waals surface area contributed by atoms with E-state index in [1.807, 2.05) is 20.8 Å². The summed E-state index contributed by atoms with van der Waals surface area (Å²) in [6.45, 7) is 13.5. The average molecular weight is 582 g/mol. The van der Waals surface area contributed by atoms with Crippen molar-refractivity contribution in [2.24, 2.45) is 5.41 Å². The number of carboxylic acid groups (broad SMARTS) is 1. The number of aromatic nitrogens is 2. The molecule has 1 unspecified atom stereocenters. The van der Waals surface area contributed by atoms with E-state index in [0.717, 1.165) is 18.4 Å². The van der Waals surface area contributed by atoms with E-state index in [-0.39, 0.29) is 29.3 Å². The standard InChI is InChI=1S/C33H41F2N3O4/c1-7-33(5,6)42-30(31(39)40)27-21(2)36-20-25(29(27)38-15-13-32(3,4)14-16-38)28-26(35)18-24(19-37-28)41-17-12-22-8-10-23(34)11-9-22/h8-11,18-20,30H,7,12-17H2,1-6H3,(H,39,40). The molecule has 0 radical (unpaired) electrons. The molecule has 1 aliphatic heterocycles. The number of piperidine rings is 1. The maximum Gasteiger partial charge on any atom is 0.337 e. The van der Waals surface area contributed by atoms with Crippen molar-refractivity contribution in [1.29, 1.82) is 0 Å². The van der Waals surface area contributed by atoms with Gasteiger partial charge in [-0.1, -0.05) is 32.9 Å². The van der Waals surface area contributed by atoms with Crippen LogP contribution in [0.3, 0.4) is 0 Å². The third-order valence-corrected chi connectivity index (χ3v) is 8.14. The highest BCUT2D eigenvalue weighted by atomic mass is 19.1. The van der Waals surface area contributed by atoms with Gasteiger partial charge in [0, 0.05) is 48.6 Å². The number of benzene rings is 1. The number of nitrogens with zero attached hydrogens (tertiary/aromatic N) is 3. The quantitative estimate of drug-likeness (QED) is 0.254. The minimum absolute atomic E-state index is 0.0633. The van der Waals surface area contributed by atoms with Crippen LogP contribution in [0.25, 0.3) is 11.3 Å². The van der Waals surface area contributed by atoms with Crippen LogP contribution >= 0.6 is 0 Å². The first-order valence-electron chi connectivity index (χ1n) is 14.5. The number of hydrogen-bond donors (Lipinski definition) is 1. The molecule has 1 aromatic carbocycles. The first kappa shape index (κ1) is 31.3. The second-order valence-corrected chi connectivity index (χ2v) is 12.3. The van der Waals surface area contributed by atoms with Crippen LogP contribution in [-0.2, 0) is 16.0 Å². The molecule has 0 bridgehead atoms. The van der Waals surface area contributed by atoms with Gasteiger partial charge >= 0.3 is 5.97 Å². The summed E-state index contributed by atoms with van der Waals surface area (Å²) >= 11 is 0. The molecule has 0 saturated carbocycles. The fourth-order valence-electron chi connectivity index (χ4n) is 5.04. The summed E-state index contributed by atoms with van der Waals surface area (Å²) in [4.78, 5) is 23.7. The van der Waals surface area contributed by atoms with E-state index in [4.69, 9.17) is 9.47 Å². The highest BCUT2D eigenvalue weighted by molar-refractivity contribution is 5.85. The Balaban J connectivity index is 1.72. The Hall–Kier alpha value is -3.59. The summed E-state index contributed by atoms with van der Waals surface area (Å²) in [5.41, 5.74) is 2.33. The summed E-state index contributed by atoms with van der Waals surface area (Å²) in [6, 6.07) is 7.42. The molecule has 7 nitrogen and oxygen atoms in total. The fraction of sp³-hybridized carbons (Fsp3) is 0.485. The molecule has 3 heterocycles. The Morgan fingerprint density at radius 1 is 1.12 bits per heavy atom. The van der Waals surface area contributed by atoms with Crippen molar-refractivity contribution >= 4 is 11.7 Å². The van der Waals surface area contributed by atoms with Gasteiger partial charge in [-0.25, -0.2) is 18.6 Å². The number of anilines is 1. The minimum atomic E-state index is -1.30. The number of aliphatic carboxylic acids is 1. The van der Waals surface area contributed by atoms with Gasteiger partial charge in [0.1, 0.15) is 17.3 Å². The number of hydrogen-bond acceptors (Lipinski definition) is 6. The molecule has 1 aliphatic rings. The number of aryl methyl sites for hydroxylation is 1. The van der Waals surface area contributed by atoms with Gasteiger partial charge in [0.2, 0.25) is 0 Å². The molecule has 4 rings (SSSR count). The number of halogens is 2. The van der Waals surface area contributed by atoms with E-state index >= 15 is 4.39 Å². The van der Waals surface area contributed by atoms with Gasteiger partial charge in [-0.05, 0) is 63.1 Å². The van der Waals surface area contributed by atoms with Crippen LogP contribution in [0.2, 0.25) is 0 Å². The van der Waals surface area contributed by atoms with E-state index in [1.54, 1.807) is 25.3 Å². The third-order valence-electron chi connectivity index (χ3n) is 8.14. The Bertz CT molecular complexity index is 1400. The molecule has 1 fully saturated rings. The smallest absolute Gasteiger partial charge is 0.337 e. The third kappa shape index (κ3) is 7.43. The highest BCUT2D eigenvalue weighted by Crippen LogP contribution is 2.44. The van der Waals surface area contributed by atoms with Crippen LogP contribution in [-0.4, -0.2) is 46.3 Å². The highest BCUT2D eigenvalue weighted by Gasteiger charge is 2.37. The molecular formula is C33H41F2N3O4. The predicted octanol–water partition coefficient (Wildman–Crippen LogP) is 7.31. The van der Waals surface area contributed by atoms with E-state index in [2.05, 4.69) is 28.7 Å². The van der Waals surface area contributed by atoms with Gasteiger partial charge in [0.05, 0.1) is 24.1 Å². The molecule has 1 N–H and O–H groups in total. The molecule has 9 heteroatoms. The maximum absolute atomic E-state index is 15.7. The minimum Gasteiger partial charge on any atom is -0.492 e. The molecular weight excluding hydrogens is 540 g/mol. The van der Waals surface area contributed by atoms with Crippen molar-refractivity contribution in [3.8, 4) is 17.0 Å². The summed E-state index contributed by atoms with van der Waals surface area (Å²) in [5.74, 6) is -1.78. The van der Waals surface area contributed by atoms with E-state index < -0.39 is 23.5 Å². The molecule has 42 heavy (non-hydrogen) atoms. The van der Waals surface area contributed by atoms with Gasteiger partial charge in [-0.15, -0.1) is 0 Å². The summed E-state index contributed by atoms with van der Waals surface area (Å²) < 4.78 is 40.8. The van der Waals surface area contributed by atoms with Crippen molar-refractivity contribution in [1.82, 2.24) is 9.97 Å². The first-order chi connectivity index (χ1) is 19.8. The number of carboxylic acids is 1. The summed E-state index contributed by atoms with van der Waals surface area (Å²) in [7, 11) is 0. The van der Waals surface area contributed by atoms with Crippen LogP contribution in [0, 0.1) is 24.0 Å². The molecule has 2 aromatic heterocycles. The molecule has 0 amide bonds. The zero-order chi connectivity index (χ0) is 30.7. The molecule has 226 valence electrons. The fourth-order valence-corrected chi connectivity index (χ4v) is 5.04. The van der Waals surface area contributed by atoms with Crippen LogP contribution in [0.15, 0.2) is 42.7 Å². The van der Waals surface area contributed by atoms with Crippen LogP contribution in [0.5, 0.6) is 5.75 Å². The second-order valence-electron chi connectivity index (χ2n) is 12.3. The maximum atomic E-state index is 15.7. The van der Waals surface area contributed by atoms with Crippen LogP contribution < -0.4 is 9.64 Å². The van der Waals surface area contributed by atoms with Gasteiger partial charge in [0.25, 0.3) is 0 Å². The molecule has 1 atom stereocenters. The van der Waals surface area contributed by atoms with Crippen molar-refractivity contribution in [2.75, 3.05) is 24.6 Å². The number of carbonyl (C=O) groups is 1. The van der Waals surface area contributed by atoms with E-state index in [0.29, 0.717) is 48.4 Å². The first-order valence-corrected chi connectivity index (χ1v) is 14.5. The van der Waals surface area contributed by atoms with Gasteiger partial charge in [-0.3, -0.25) is 4.98 Å². The Morgan fingerprint density at radius 3 is 2.38 bits per heavy atom. The van der Waals surface area contributed by atoms with Crippen LogP contribution in [0.1, 0.15) is 76.8 Å². The van der Waals surface area contributed by atoms with Crippen molar-refractivity contribution in [2.45, 2.75) is 78.9 Å². The largest absolute Gasteiger partial charge is 0.492 e. The van der Waals surface area contributed by atoms with Crippen molar-refractivity contribution in [3.05, 3.63) is 71.2 Å². The van der Waals surface area contributed by atoms with Crippen molar-refractivity contribution < 1.29 is 28.2 Å². The molecule has 3 aromatic rings. The Kier molecular flexibility index (Phi) is 9.50. The monoisotopic (exact) mass is 581 g/mol.